The molecule has 4 amide bonds. The fraction of sp³-hybridized carbons (Fsp3) is 0.722. The first kappa shape index (κ1) is 41.1. The minimum Gasteiger partial charge on any atom is -0.386 e. The molecule has 1 aliphatic heterocycles. The molecular weight excluding hydrogens is 614 g/mol. The quantitative estimate of drug-likeness (QED) is 0.175. The monoisotopic (exact) mass is 675 g/mol. The number of hydrogen-bond donors (Lipinski definition) is 4. The van der Waals surface area contributed by atoms with Crippen molar-refractivity contribution in [1.82, 2.24) is 25.8 Å². The van der Waals surface area contributed by atoms with Crippen molar-refractivity contribution in [2.75, 3.05) is 41.4 Å². The molecule has 12 heteroatoms. The average molecular weight is 676 g/mol. The Hall–Kier alpha value is -3.06. The molecule has 12 nitrogen and oxygen atoms in total. The number of likely N-dealkylation sites (N-methyl/N-ethyl adjacent to an activating group) is 2. The van der Waals surface area contributed by atoms with Crippen molar-refractivity contribution in [3.63, 3.8) is 0 Å². The standard InChI is InChI=1S/C36H61N5O7/c1-11-23(4)32(40(8)30(43)21-38-36(46)31(37-7)22(2)3)28(47-9)20-29(42)41-19-15-18-27(41)34(48-10)24(5)35(45)39-25(6)33(44)26-16-13-12-14-17-26/h12-14,16-17,22-25,27-28,31-34,37,44H,11,15,18-21H2,1-10H3,(H,38,46)(H,39,45)/t23-,24+,25+,27-,28+,31?,32-,33+,34+/m1/s1. The second kappa shape index (κ2) is 19.8. The van der Waals surface area contributed by atoms with Gasteiger partial charge in [0.05, 0.1) is 61.4 Å². The van der Waals surface area contributed by atoms with E-state index < -0.39 is 42.4 Å². The summed E-state index contributed by atoms with van der Waals surface area (Å²) in [6.45, 7) is 11.8. The number of rotatable bonds is 19. The summed E-state index contributed by atoms with van der Waals surface area (Å²) in [6, 6.07) is 7.48. The molecule has 1 aromatic rings. The summed E-state index contributed by atoms with van der Waals surface area (Å²) < 4.78 is 11.8. The van der Waals surface area contributed by atoms with Gasteiger partial charge in [-0.2, -0.15) is 0 Å². The van der Waals surface area contributed by atoms with Gasteiger partial charge in [0.2, 0.25) is 23.6 Å². The van der Waals surface area contributed by atoms with Crippen molar-refractivity contribution in [2.45, 2.75) is 110 Å². The number of aliphatic hydroxyl groups excluding tert-OH is 1. The maximum Gasteiger partial charge on any atom is 0.242 e. The van der Waals surface area contributed by atoms with E-state index in [1.807, 2.05) is 58.0 Å². The number of ether oxygens (including phenoxy) is 2. The normalized spacial score (nSPS) is 19.8. The molecule has 1 heterocycles. The van der Waals surface area contributed by atoms with Gasteiger partial charge in [-0.1, -0.05) is 71.4 Å². The molecule has 0 saturated carbocycles. The van der Waals surface area contributed by atoms with E-state index in [2.05, 4.69) is 16.0 Å². The zero-order chi connectivity index (χ0) is 36.1. The van der Waals surface area contributed by atoms with E-state index in [1.54, 1.807) is 52.0 Å². The smallest absolute Gasteiger partial charge is 0.242 e. The molecule has 2 rings (SSSR count). The summed E-state index contributed by atoms with van der Waals surface area (Å²) in [5, 5.41) is 19.4. The van der Waals surface area contributed by atoms with Gasteiger partial charge in [-0.25, -0.2) is 0 Å². The molecule has 1 fully saturated rings. The molecular formula is C36H61N5O7. The van der Waals surface area contributed by atoms with Crippen LogP contribution in [-0.4, -0.2) is 116 Å². The first-order valence-corrected chi connectivity index (χ1v) is 17.3. The van der Waals surface area contributed by atoms with E-state index in [4.69, 9.17) is 9.47 Å². The van der Waals surface area contributed by atoms with Gasteiger partial charge in [-0.3, -0.25) is 19.2 Å². The largest absolute Gasteiger partial charge is 0.386 e. The lowest BCUT2D eigenvalue weighted by Gasteiger charge is -2.39. The van der Waals surface area contributed by atoms with Crippen LogP contribution in [0.2, 0.25) is 0 Å². The molecule has 9 atom stereocenters. The second-order valence-electron chi connectivity index (χ2n) is 13.5. The lowest BCUT2D eigenvalue weighted by atomic mass is 9.90. The van der Waals surface area contributed by atoms with Crippen molar-refractivity contribution in [2.24, 2.45) is 17.8 Å². The first-order chi connectivity index (χ1) is 22.7. The van der Waals surface area contributed by atoms with Crippen LogP contribution in [0.15, 0.2) is 30.3 Å². The van der Waals surface area contributed by atoms with Crippen LogP contribution in [0.5, 0.6) is 0 Å². The molecule has 0 aliphatic carbocycles. The van der Waals surface area contributed by atoms with Crippen LogP contribution in [0.25, 0.3) is 0 Å². The van der Waals surface area contributed by atoms with Gasteiger partial charge in [-0.05, 0) is 44.2 Å². The van der Waals surface area contributed by atoms with E-state index in [0.717, 1.165) is 12.8 Å². The molecule has 0 radical (unpaired) electrons. The third-order valence-electron chi connectivity index (χ3n) is 9.96. The Morgan fingerprint density at radius 3 is 2.21 bits per heavy atom. The molecule has 0 bridgehead atoms. The van der Waals surface area contributed by atoms with Gasteiger partial charge in [0.1, 0.15) is 0 Å². The molecule has 1 aromatic carbocycles. The zero-order valence-corrected chi connectivity index (χ0v) is 30.7. The predicted octanol–water partition coefficient (Wildman–Crippen LogP) is 2.51. The molecule has 1 saturated heterocycles. The highest BCUT2D eigenvalue weighted by Crippen LogP contribution is 2.29. The molecule has 0 spiro atoms. The SMILES string of the molecule is CC[C@@H](C)[C@H]([C@H](CC(=O)N1CCC[C@@H]1[C@@H](OC)[C@H](C)C(=O)N[C@@H](C)[C@H](O)c1ccccc1)OC)N(C)C(=O)CNC(=O)C(NC)C(C)C. The number of amides is 4. The summed E-state index contributed by atoms with van der Waals surface area (Å²) >= 11 is 0. The maximum atomic E-state index is 13.9. The molecule has 1 unspecified atom stereocenters. The molecule has 272 valence electrons. The summed E-state index contributed by atoms with van der Waals surface area (Å²) in [5.41, 5.74) is 0.711. The number of nitrogens with zero attached hydrogens (tertiary/aromatic N) is 2. The molecule has 1 aliphatic rings. The summed E-state index contributed by atoms with van der Waals surface area (Å²) in [7, 11) is 6.50. The zero-order valence-electron chi connectivity index (χ0n) is 30.7. The van der Waals surface area contributed by atoms with Crippen molar-refractivity contribution in [3.05, 3.63) is 35.9 Å². The average Bonchev–Trinajstić information content (AvgIpc) is 3.56. The van der Waals surface area contributed by atoms with E-state index in [-0.39, 0.29) is 54.5 Å². The summed E-state index contributed by atoms with van der Waals surface area (Å²) in [4.78, 5) is 56.7. The predicted molar refractivity (Wildman–Crippen MR) is 186 cm³/mol. The lowest BCUT2D eigenvalue weighted by molar-refractivity contribution is -0.146. The van der Waals surface area contributed by atoms with E-state index in [9.17, 15) is 24.3 Å². The molecule has 48 heavy (non-hydrogen) atoms. The highest BCUT2D eigenvalue weighted by molar-refractivity contribution is 5.87. The minimum atomic E-state index is -0.871. The van der Waals surface area contributed by atoms with Crippen molar-refractivity contribution in [3.8, 4) is 0 Å². The fourth-order valence-electron chi connectivity index (χ4n) is 6.86. The minimum absolute atomic E-state index is 0.00571. The van der Waals surface area contributed by atoms with Crippen LogP contribution < -0.4 is 16.0 Å². The van der Waals surface area contributed by atoms with Gasteiger partial charge in [0, 0.05) is 27.8 Å². The van der Waals surface area contributed by atoms with Gasteiger partial charge >= 0.3 is 0 Å². The number of carbonyl (C=O) groups is 4. The van der Waals surface area contributed by atoms with Crippen LogP contribution in [-0.2, 0) is 28.7 Å². The first-order valence-electron chi connectivity index (χ1n) is 17.3. The van der Waals surface area contributed by atoms with Crippen LogP contribution in [0.4, 0.5) is 0 Å². The Balaban J connectivity index is 2.14. The topological polar surface area (TPSA) is 150 Å². The highest BCUT2D eigenvalue weighted by atomic mass is 16.5. The molecule has 4 N–H and O–H groups in total. The Labute approximate surface area is 287 Å². The van der Waals surface area contributed by atoms with E-state index in [1.165, 1.54) is 0 Å². The van der Waals surface area contributed by atoms with Gasteiger partial charge in [0.25, 0.3) is 0 Å². The number of carbonyl (C=O) groups excluding carboxylic acids is 4. The number of benzene rings is 1. The number of likely N-dealkylation sites (tertiary alicyclic amines) is 1. The third-order valence-corrected chi connectivity index (χ3v) is 9.96. The number of methoxy groups -OCH3 is 2. The van der Waals surface area contributed by atoms with Crippen LogP contribution >= 0.6 is 0 Å². The van der Waals surface area contributed by atoms with Gasteiger partial charge in [0.15, 0.2) is 0 Å². The Bertz CT molecular complexity index is 1170. The van der Waals surface area contributed by atoms with Gasteiger partial charge in [-0.15, -0.1) is 0 Å². The second-order valence-corrected chi connectivity index (χ2v) is 13.5. The van der Waals surface area contributed by atoms with Crippen LogP contribution in [0.3, 0.4) is 0 Å². The lowest BCUT2D eigenvalue weighted by Crippen LogP contribution is -2.55. The Morgan fingerprint density at radius 2 is 1.67 bits per heavy atom. The number of hydrogen-bond acceptors (Lipinski definition) is 8. The highest BCUT2D eigenvalue weighted by Gasteiger charge is 2.42. The van der Waals surface area contributed by atoms with Crippen LogP contribution in [0.1, 0.15) is 78.9 Å². The fourth-order valence-corrected chi connectivity index (χ4v) is 6.86. The van der Waals surface area contributed by atoms with Crippen molar-refractivity contribution < 1.29 is 33.8 Å². The Kier molecular flexibility index (Phi) is 17.0. The Morgan fingerprint density at radius 1 is 1.02 bits per heavy atom. The number of aliphatic hydroxyl groups is 1. The maximum absolute atomic E-state index is 13.9. The van der Waals surface area contributed by atoms with Gasteiger partial charge < -0.3 is 40.3 Å². The van der Waals surface area contributed by atoms with Crippen molar-refractivity contribution >= 4 is 23.6 Å². The molecule has 0 aromatic heterocycles. The number of nitrogens with one attached hydrogen (secondary N) is 3. The summed E-state index contributed by atoms with van der Waals surface area (Å²) in [5.74, 6) is -1.45. The van der Waals surface area contributed by atoms with Crippen molar-refractivity contribution in [1.29, 1.82) is 0 Å². The third kappa shape index (κ3) is 10.7. The van der Waals surface area contributed by atoms with E-state index >= 15 is 0 Å². The van der Waals surface area contributed by atoms with E-state index in [0.29, 0.717) is 18.5 Å². The summed E-state index contributed by atoms with van der Waals surface area (Å²) in [6.07, 6.45) is 0.202. The van der Waals surface area contributed by atoms with Crippen LogP contribution in [0, 0.1) is 17.8 Å².